The van der Waals surface area contributed by atoms with Gasteiger partial charge in [-0.15, -0.1) is 0 Å². The zero-order valence-corrected chi connectivity index (χ0v) is 21.5. The first kappa shape index (κ1) is 30.9. The minimum Gasteiger partial charge on any atom is -0.481 e. The number of nitro groups is 1. The van der Waals surface area contributed by atoms with Gasteiger partial charge in [-0.05, 0) is 23.6 Å². The van der Waals surface area contributed by atoms with Crippen molar-refractivity contribution in [1.29, 1.82) is 0 Å². The smallest absolute Gasteiger partial charge is 0.344 e. The van der Waals surface area contributed by atoms with Crippen molar-refractivity contribution in [3.63, 3.8) is 0 Å². The highest BCUT2D eigenvalue weighted by Crippen LogP contribution is 2.29. The van der Waals surface area contributed by atoms with Crippen LogP contribution < -0.4 is 22.1 Å². The number of nitrogens with one attached hydrogen (secondary N) is 2. The summed E-state index contributed by atoms with van der Waals surface area (Å²) in [6.07, 6.45) is -1.10. The summed E-state index contributed by atoms with van der Waals surface area (Å²) in [6.45, 7) is 3.80. The molecule has 1 fully saturated rings. The SMILES string of the molecule is CC(=O)N([C@@H](CC(=O)O)C(=O)N[C@H](C(=O)O)C(C)C)N1C(=O)N[C@@H](C(N=C(N)N)c2ccc([N+](=O)[O-])cc2)C1=O. The molecule has 1 aliphatic heterocycles. The quantitative estimate of drug-likeness (QED) is 0.0565. The normalized spacial score (nSPS) is 16.9. The van der Waals surface area contributed by atoms with Gasteiger partial charge in [0.15, 0.2) is 5.96 Å². The molecule has 40 heavy (non-hydrogen) atoms. The van der Waals surface area contributed by atoms with Crippen LogP contribution in [0.2, 0.25) is 0 Å². The lowest BCUT2D eigenvalue weighted by atomic mass is 9.99. The van der Waals surface area contributed by atoms with Gasteiger partial charge in [-0.25, -0.2) is 19.6 Å². The van der Waals surface area contributed by atoms with Gasteiger partial charge < -0.3 is 32.3 Å². The zero-order chi connectivity index (χ0) is 30.5. The molecule has 18 nitrogen and oxygen atoms in total. The summed E-state index contributed by atoms with van der Waals surface area (Å²) in [7, 11) is 0. The van der Waals surface area contributed by atoms with Crippen molar-refractivity contribution in [1.82, 2.24) is 20.7 Å². The molecule has 0 bridgehead atoms. The van der Waals surface area contributed by atoms with Crippen LogP contribution in [0.15, 0.2) is 29.3 Å². The second kappa shape index (κ2) is 12.5. The first-order valence-corrected chi connectivity index (χ1v) is 11.6. The maximum atomic E-state index is 13.5. The third-order valence-corrected chi connectivity index (χ3v) is 5.73. The van der Waals surface area contributed by atoms with Crippen molar-refractivity contribution in [2.75, 3.05) is 0 Å². The average Bonchev–Trinajstić information content (AvgIpc) is 3.13. The van der Waals surface area contributed by atoms with Crippen LogP contribution in [0.3, 0.4) is 0 Å². The Balaban J connectivity index is 2.53. The number of amides is 5. The molecule has 216 valence electrons. The van der Waals surface area contributed by atoms with Crippen LogP contribution in [0, 0.1) is 16.0 Å². The predicted octanol–water partition coefficient (Wildman–Crippen LogP) is -1.34. The molecule has 1 saturated heterocycles. The Hall–Kier alpha value is -5.29. The van der Waals surface area contributed by atoms with Crippen molar-refractivity contribution in [3.8, 4) is 0 Å². The number of carboxylic acids is 2. The van der Waals surface area contributed by atoms with Gasteiger partial charge in [-0.1, -0.05) is 13.8 Å². The molecule has 0 spiro atoms. The van der Waals surface area contributed by atoms with Crippen LogP contribution >= 0.6 is 0 Å². The summed E-state index contributed by atoms with van der Waals surface area (Å²) in [6, 6.07) is -3.04. The predicted molar refractivity (Wildman–Crippen MR) is 134 cm³/mol. The molecule has 5 amide bonds. The highest BCUT2D eigenvalue weighted by atomic mass is 16.6. The van der Waals surface area contributed by atoms with Gasteiger partial charge in [0.1, 0.15) is 24.2 Å². The van der Waals surface area contributed by atoms with E-state index in [9.17, 15) is 49.1 Å². The Morgan fingerprint density at radius 1 is 1.18 bits per heavy atom. The number of nitro benzene ring substituents is 1. The Morgan fingerprint density at radius 3 is 2.17 bits per heavy atom. The van der Waals surface area contributed by atoms with Crippen LogP contribution in [0.5, 0.6) is 0 Å². The maximum absolute atomic E-state index is 13.5. The Morgan fingerprint density at radius 2 is 1.75 bits per heavy atom. The van der Waals surface area contributed by atoms with Gasteiger partial charge in [0.25, 0.3) is 11.6 Å². The van der Waals surface area contributed by atoms with Gasteiger partial charge in [0.2, 0.25) is 11.8 Å². The number of guanidine groups is 1. The molecular formula is C22H28N8O10. The largest absolute Gasteiger partial charge is 0.481 e. The van der Waals surface area contributed by atoms with Crippen LogP contribution in [0.4, 0.5) is 10.5 Å². The molecule has 8 N–H and O–H groups in total. The number of non-ortho nitro benzene ring substituents is 1. The summed E-state index contributed by atoms with van der Waals surface area (Å²) in [4.78, 5) is 89.7. The second-order valence-corrected chi connectivity index (χ2v) is 8.97. The molecule has 1 aromatic carbocycles. The lowest BCUT2D eigenvalue weighted by Gasteiger charge is -2.34. The molecule has 0 aliphatic carbocycles. The topological polar surface area (TPSA) is 281 Å². The second-order valence-electron chi connectivity index (χ2n) is 8.97. The van der Waals surface area contributed by atoms with E-state index in [1.54, 1.807) is 0 Å². The van der Waals surface area contributed by atoms with E-state index in [1.807, 2.05) is 0 Å². The van der Waals surface area contributed by atoms with Gasteiger partial charge in [0.05, 0.1) is 11.3 Å². The molecule has 0 aromatic heterocycles. The number of hydrogen-bond donors (Lipinski definition) is 6. The first-order chi connectivity index (χ1) is 18.6. The summed E-state index contributed by atoms with van der Waals surface area (Å²) >= 11 is 0. The van der Waals surface area contributed by atoms with E-state index < -0.39 is 83.1 Å². The summed E-state index contributed by atoms with van der Waals surface area (Å²) in [5.41, 5.74) is 10.8. The third-order valence-electron chi connectivity index (χ3n) is 5.73. The fraction of sp³-hybridized carbons (Fsp3) is 0.409. The molecule has 0 radical (unpaired) electrons. The van der Waals surface area contributed by atoms with Crippen LogP contribution in [0.25, 0.3) is 0 Å². The van der Waals surface area contributed by atoms with Crippen molar-refractivity contribution < 1.29 is 43.9 Å². The molecule has 1 heterocycles. The number of carbonyl (C=O) groups excluding carboxylic acids is 4. The monoisotopic (exact) mass is 564 g/mol. The Labute approximate surface area is 226 Å². The molecule has 2 rings (SSSR count). The van der Waals surface area contributed by atoms with Crippen LogP contribution in [-0.4, -0.2) is 84.9 Å². The fourth-order valence-electron chi connectivity index (χ4n) is 3.92. The number of rotatable bonds is 12. The van der Waals surface area contributed by atoms with Crippen LogP contribution in [0.1, 0.15) is 38.8 Å². The van der Waals surface area contributed by atoms with E-state index in [0.29, 0.717) is 5.01 Å². The number of aliphatic carboxylic acids is 2. The number of hydrazine groups is 1. The lowest BCUT2D eigenvalue weighted by Crippen LogP contribution is -2.61. The van der Waals surface area contributed by atoms with Gasteiger partial charge in [-0.2, -0.15) is 5.01 Å². The van der Waals surface area contributed by atoms with Gasteiger partial charge in [0, 0.05) is 19.1 Å². The summed E-state index contributed by atoms with van der Waals surface area (Å²) in [5, 5.41) is 34.8. The van der Waals surface area contributed by atoms with E-state index in [4.69, 9.17) is 11.5 Å². The zero-order valence-electron chi connectivity index (χ0n) is 21.5. The minimum atomic E-state index is -2.02. The first-order valence-electron chi connectivity index (χ1n) is 11.6. The molecular weight excluding hydrogens is 536 g/mol. The number of hydrogen-bond acceptors (Lipinski definition) is 9. The summed E-state index contributed by atoms with van der Waals surface area (Å²) in [5.74, 6) is -7.74. The van der Waals surface area contributed by atoms with E-state index in [1.165, 1.54) is 26.0 Å². The number of carboxylic acid groups (broad SMARTS) is 2. The lowest BCUT2D eigenvalue weighted by molar-refractivity contribution is -0.384. The number of urea groups is 1. The number of aliphatic imine (C=N–C) groups is 1. The van der Waals surface area contributed by atoms with Crippen molar-refractivity contribution in [2.45, 2.75) is 51.4 Å². The molecule has 1 aliphatic rings. The van der Waals surface area contributed by atoms with Crippen LogP contribution in [-0.2, 0) is 24.0 Å². The number of benzene rings is 1. The molecule has 0 saturated carbocycles. The highest BCUT2D eigenvalue weighted by Gasteiger charge is 2.50. The fourth-order valence-corrected chi connectivity index (χ4v) is 3.92. The van der Waals surface area contributed by atoms with E-state index in [0.717, 1.165) is 19.1 Å². The molecule has 4 atom stereocenters. The highest BCUT2D eigenvalue weighted by molar-refractivity contribution is 6.06. The summed E-state index contributed by atoms with van der Waals surface area (Å²) < 4.78 is 0. The van der Waals surface area contributed by atoms with E-state index in [2.05, 4.69) is 15.6 Å². The van der Waals surface area contributed by atoms with Crippen molar-refractivity contribution >= 4 is 47.3 Å². The Bertz CT molecular complexity index is 1240. The molecule has 18 heteroatoms. The molecule has 1 unspecified atom stereocenters. The van der Waals surface area contributed by atoms with E-state index in [-0.39, 0.29) is 16.3 Å². The maximum Gasteiger partial charge on any atom is 0.344 e. The molecule has 1 aromatic rings. The van der Waals surface area contributed by atoms with Crippen molar-refractivity contribution in [2.24, 2.45) is 22.4 Å². The van der Waals surface area contributed by atoms with Gasteiger partial charge in [-0.3, -0.25) is 29.3 Å². The minimum absolute atomic E-state index is 0.148. The standard InChI is InChI=1S/C22H28N8O10/c1-9(2)15(20(36)37)25-18(34)13(8-14(32)33)28(10(3)31)29-19(35)17(27-22(29)38)16(26-21(23)24)11-4-6-12(7-5-11)30(39)40/h4-7,9,13,15-17H,8H2,1-3H3,(H,25,34)(H,27,38)(H,32,33)(H,36,37)(H4,23,24,26)/t13-,15-,16?,17-/m0/s1. The number of nitrogens with zero attached hydrogens (tertiary/aromatic N) is 4. The Kier molecular flexibility index (Phi) is 9.67. The number of carbonyl (C=O) groups is 6. The number of imide groups is 1. The number of nitrogens with two attached hydrogens (primary N) is 2. The van der Waals surface area contributed by atoms with Crippen molar-refractivity contribution in [3.05, 3.63) is 39.9 Å². The van der Waals surface area contributed by atoms with Gasteiger partial charge >= 0.3 is 18.0 Å². The van der Waals surface area contributed by atoms with E-state index >= 15 is 0 Å². The third kappa shape index (κ3) is 6.97. The average molecular weight is 565 g/mol.